The van der Waals surface area contributed by atoms with Gasteiger partial charge in [0, 0.05) is 0 Å². The summed E-state index contributed by atoms with van der Waals surface area (Å²) in [5.41, 5.74) is 0. The van der Waals surface area contributed by atoms with Gasteiger partial charge >= 0.3 is 0 Å². The van der Waals surface area contributed by atoms with E-state index in [4.69, 9.17) is 0 Å². The van der Waals surface area contributed by atoms with Crippen molar-refractivity contribution in [3.8, 4) is 11.5 Å². The molecule has 0 spiro atoms. The van der Waals surface area contributed by atoms with E-state index in [2.05, 4.69) is 0 Å². The SMILES string of the molecule is CC.Oc1cc2cc3ccccc3cc2cc1O. The molecular formula is C16H16O2. The molecule has 0 bridgehead atoms. The third-order valence-electron chi connectivity index (χ3n) is 2.80. The van der Waals surface area contributed by atoms with Crippen molar-refractivity contribution in [2.24, 2.45) is 0 Å². The lowest BCUT2D eigenvalue weighted by Crippen LogP contribution is -1.77. The molecule has 18 heavy (non-hydrogen) atoms. The summed E-state index contributed by atoms with van der Waals surface area (Å²) in [4.78, 5) is 0. The van der Waals surface area contributed by atoms with Gasteiger partial charge in [-0.2, -0.15) is 0 Å². The molecule has 0 aliphatic rings. The summed E-state index contributed by atoms with van der Waals surface area (Å²) >= 11 is 0. The van der Waals surface area contributed by atoms with E-state index in [0.717, 1.165) is 21.5 Å². The average molecular weight is 240 g/mol. The van der Waals surface area contributed by atoms with E-state index in [-0.39, 0.29) is 11.5 Å². The summed E-state index contributed by atoms with van der Waals surface area (Å²) in [6.45, 7) is 4.00. The zero-order valence-corrected chi connectivity index (χ0v) is 10.5. The minimum Gasteiger partial charge on any atom is -0.504 e. The van der Waals surface area contributed by atoms with Crippen molar-refractivity contribution in [2.45, 2.75) is 13.8 Å². The van der Waals surface area contributed by atoms with Crippen molar-refractivity contribution in [3.63, 3.8) is 0 Å². The first-order valence-electron chi connectivity index (χ1n) is 6.08. The lowest BCUT2D eigenvalue weighted by molar-refractivity contribution is 0.405. The van der Waals surface area contributed by atoms with Gasteiger partial charge < -0.3 is 10.2 Å². The van der Waals surface area contributed by atoms with Gasteiger partial charge in [0.1, 0.15) is 0 Å². The molecule has 92 valence electrons. The lowest BCUT2D eigenvalue weighted by Gasteiger charge is -2.04. The molecule has 2 N–H and O–H groups in total. The molecule has 2 heteroatoms. The van der Waals surface area contributed by atoms with Crippen molar-refractivity contribution < 1.29 is 10.2 Å². The molecule has 0 aliphatic heterocycles. The largest absolute Gasteiger partial charge is 0.504 e. The minimum atomic E-state index is -0.0808. The second-order valence-corrected chi connectivity index (χ2v) is 3.89. The standard InChI is InChI=1S/C14H10O2.C2H6/c15-13-7-11-5-9-3-1-2-4-10(9)6-12(11)8-14(13)16;1-2/h1-8,15-16H;1-2H3. The Morgan fingerprint density at radius 3 is 1.39 bits per heavy atom. The molecule has 0 fully saturated rings. The number of rotatable bonds is 0. The number of fused-ring (bicyclic) bond motifs is 2. The summed E-state index contributed by atoms with van der Waals surface area (Å²) in [5.74, 6) is -0.162. The van der Waals surface area contributed by atoms with Gasteiger partial charge in [0.2, 0.25) is 0 Å². The quantitative estimate of drug-likeness (QED) is 0.451. The molecular weight excluding hydrogens is 224 g/mol. The van der Waals surface area contributed by atoms with Gasteiger partial charge in [0.15, 0.2) is 11.5 Å². The van der Waals surface area contributed by atoms with Gasteiger partial charge in [-0.3, -0.25) is 0 Å². The van der Waals surface area contributed by atoms with E-state index >= 15 is 0 Å². The second kappa shape index (κ2) is 4.96. The summed E-state index contributed by atoms with van der Waals surface area (Å²) in [5, 5.41) is 23.0. The van der Waals surface area contributed by atoms with Gasteiger partial charge in [-0.1, -0.05) is 38.1 Å². The van der Waals surface area contributed by atoms with E-state index in [1.807, 2.05) is 50.2 Å². The molecule has 0 radical (unpaired) electrons. The Morgan fingerprint density at radius 1 is 0.611 bits per heavy atom. The van der Waals surface area contributed by atoms with Crippen LogP contribution in [0.2, 0.25) is 0 Å². The molecule has 3 rings (SSSR count). The Morgan fingerprint density at radius 2 is 1.00 bits per heavy atom. The number of benzene rings is 3. The minimum absolute atomic E-state index is 0.0808. The molecule has 0 aromatic heterocycles. The maximum atomic E-state index is 9.44. The number of hydrogen-bond donors (Lipinski definition) is 2. The maximum Gasteiger partial charge on any atom is 0.158 e. The first-order chi connectivity index (χ1) is 8.74. The predicted octanol–water partition coefficient (Wildman–Crippen LogP) is 4.43. The Balaban J connectivity index is 0.000000574. The molecule has 3 aromatic carbocycles. The highest BCUT2D eigenvalue weighted by molar-refractivity contribution is 5.99. The Labute approximate surface area is 106 Å². The van der Waals surface area contributed by atoms with E-state index in [0.29, 0.717) is 0 Å². The topological polar surface area (TPSA) is 40.5 Å². The third kappa shape index (κ3) is 2.09. The Bertz CT molecular complexity index is 627. The predicted molar refractivity (Wildman–Crippen MR) is 76.1 cm³/mol. The number of aromatic hydroxyl groups is 2. The van der Waals surface area contributed by atoms with Crippen LogP contribution in [0.5, 0.6) is 11.5 Å². The zero-order valence-electron chi connectivity index (χ0n) is 10.5. The molecule has 0 saturated heterocycles. The molecule has 0 amide bonds. The van der Waals surface area contributed by atoms with Crippen molar-refractivity contribution in [1.82, 2.24) is 0 Å². The van der Waals surface area contributed by atoms with Crippen LogP contribution in [0, 0.1) is 0 Å². The number of phenols is 2. The second-order valence-electron chi connectivity index (χ2n) is 3.89. The van der Waals surface area contributed by atoms with Gasteiger partial charge in [0.25, 0.3) is 0 Å². The van der Waals surface area contributed by atoms with Crippen LogP contribution in [0.1, 0.15) is 13.8 Å². The van der Waals surface area contributed by atoms with E-state index in [9.17, 15) is 10.2 Å². The average Bonchev–Trinajstić information content (AvgIpc) is 2.40. The van der Waals surface area contributed by atoms with Gasteiger partial charge in [-0.15, -0.1) is 0 Å². The fourth-order valence-electron chi connectivity index (χ4n) is 1.97. The number of phenolic OH excluding ortho intramolecular Hbond substituents is 2. The highest BCUT2D eigenvalue weighted by Crippen LogP contribution is 2.32. The highest BCUT2D eigenvalue weighted by Gasteiger charge is 2.03. The molecule has 2 nitrogen and oxygen atoms in total. The molecule has 3 aromatic rings. The van der Waals surface area contributed by atoms with Crippen LogP contribution in [0.4, 0.5) is 0 Å². The normalized spacial score (nSPS) is 10.1. The number of hydrogen-bond acceptors (Lipinski definition) is 2. The fraction of sp³-hybridized carbons (Fsp3) is 0.125. The summed E-state index contributed by atoms with van der Waals surface area (Å²) in [7, 11) is 0. The van der Waals surface area contributed by atoms with E-state index in [1.165, 1.54) is 0 Å². The molecule has 0 saturated carbocycles. The van der Waals surface area contributed by atoms with E-state index < -0.39 is 0 Å². The Kier molecular flexibility index (Phi) is 3.38. The van der Waals surface area contributed by atoms with Crippen molar-refractivity contribution in [1.29, 1.82) is 0 Å². The summed E-state index contributed by atoms with van der Waals surface area (Å²) in [6, 6.07) is 15.2. The van der Waals surface area contributed by atoms with Crippen LogP contribution in [0.3, 0.4) is 0 Å². The van der Waals surface area contributed by atoms with Gasteiger partial charge in [-0.25, -0.2) is 0 Å². The molecule has 0 atom stereocenters. The molecule has 0 aliphatic carbocycles. The summed E-state index contributed by atoms with van der Waals surface area (Å²) < 4.78 is 0. The first kappa shape index (κ1) is 12.2. The Hall–Kier alpha value is -2.22. The molecule has 0 unspecified atom stereocenters. The highest BCUT2D eigenvalue weighted by atomic mass is 16.3. The molecule has 0 heterocycles. The van der Waals surface area contributed by atoms with Crippen LogP contribution < -0.4 is 0 Å². The van der Waals surface area contributed by atoms with Crippen LogP contribution in [0.15, 0.2) is 48.5 Å². The summed E-state index contributed by atoms with van der Waals surface area (Å²) in [6.07, 6.45) is 0. The lowest BCUT2D eigenvalue weighted by atomic mass is 10.0. The van der Waals surface area contributed by atoms with E-state index in [1.54, 1.807) is 12.1 Å². The van der Waals surface area contributed by atoms with Crippen LogP contribution in [0.25, 0.3) is 21.5 Å². The maximum absolute atomic E-state index is 9.44. The van der Waals surface area contributed by atoms with Gasteiger partial charge in [-0.05, 0) is 45.8 Å². The van der Waals surface area contributed by atoms with Crippen LogP contribution in [-0.2, 0) is 0 Å². The fourth-order valence-corrected chi connectivity index (χ4v) is 1.97. The monoisotopic (exact) mass is 240 g/mol. The third-order valence-corrected chi connectivity index (χ3v) is 2.80. The first-order valence-corrected chi connectivity index (χ1v) is 6.08. The zero-order chi connectivity index (χ0) is 13.1. The van der Waals surface area contributed by atoms with Crippen LogP contribution in [-0.4, -0.2) is 10.2 Å². The van der Waals surface area contributed by atoms with Crippen molar-refractivity contribution in [2.75, 3.05) is 0 Å². The van der Waals surface area contributed by atoms with Crippen LogP contribution >= 0.6 is 0 Å². The van der Waals surface area contributed by atoms with Crippen molar-refractivity contribution >= 4 is 21.5 Å². The van der Waals surface area contributed by atoms with Crippen molar-refractivity contribution in [3.05, 3.63) is 48.5 Å². The smallest absolute Gasteiger partial charge is 0.158 e. The van der Waals surface area contributed by atoms with Gasteiger partial charge in [0.05, 0.1) is 0 Å².